The summed E-state index contributed by atoms with van der Waals surface area (Å²) in [5, 5.41) is 4.66. The Labute approximate surface area is 290 Å². The lowest BCUT2D eigenvalue weighted by Gasteiger charge is -2.18. The maximum atomic E-state index is 8.14. The van der Waals surface area contributed by atoms with Crippen molar-refractivity contribution < 1.29 is 0 Å². The van der Waals surface area contributed by atoms with Gasteiger partial charge in [0.1, 0.15) is 0 Å². The summed E-state index contributed by atoms with van der Waals surface area (Å²) in [5.41, 5.74) is 13.7. The lowest BCUT2D eigenvalue weighted by atomic mass is 9.93. The van der Waals surface area contributed by atoms with E-state index in [0.29, 0.717) is 11.4 Å². The minimum Gasteiger partial charge on any atom is -0.309 e. The number of hydrogen-bond acceptors (Lipinski definition) is 0. The molecule has 0 unspecified atom stereocenters. The Morgan fingerprint density at radius 2 is 1.12 bits per heavy atom. The highest BCUT2D eigenvalue weighted by molar-refractivity contribution is 6.21. The summed E-state index contributed by atoms with van der Waals surface area (Å²) in [7, 11) is 0. The Kier molecular flexibility index (Phi) is 6.66. The van der Waals surface area contributed by atoms with Gasteiger partial charge in [-0.3, -0.25) is 4.85 Å². The smallest absolute Gasteiger partial charge is 0.202 e. The Bertz CT molecular complexity index is 2890. The van der Waals surface area contributed by atoms with Gasteiger partial charge >= 0.3 is 0 Å². The van der Waals surface area contributed by atoms with Crippen molar-refractivity contribution in [3.8, 4) is 33.6 Å². The van der Waals surface area contributed by atoms with Crippen LogP contribution in [0.1, 0.15) is 11.1 Å². The Balaban J connectivity index is 1.43. The highest BCUT2D eigenvalue weighted by atomic mass is 15.0. The van der Waals surface area contributed by atoms with Crippen molar-refractivity contribution in [3.63, 3.8) is 0 Å². The molecule has 0 N–H and O–H groups in total. The van der Waals surface area contributed by atoms with Gasteiger partial charge in [-0.1, -0.05) is 109 Å². The number of nitrogens with zero attached hydrogens (tertiary/aromatic N) is 4. The molecule has 0 amide bonds. The first-order valence-corrected chi connectivity index (χ1v) is 16.7. The molecule has 0 aliphatic carbocycles. The summed E-state index contributed by atoms with van der Waals surface area (Å²) >= 11 is 0. The van der Waals surface area contributed by atoms with Gasteiger partial charge in [0.2, 0.25) is 5.69 Å². The lowest BCUT2D eigenvalue weighted by molar-refractivity contribution is 1.12. The third-order valence-electron chi connectivity index (χ3n) is 10.0. The van der Waals surface area contributed by atoms with Gasteiger partial charge in [0, 0.05) is 27.2 Å². The van der Waals surface area contributed by atoms with E-state index >= 15 is 0 Å². The van der Waals surface area contributed by atoms with E-state index in [4.69, 9.17) is 13.1 Å². The lowest BCUT2D eigenvalue weighted by Crippen LogP contribution is -2.01. The number of aromatic nitrogens is 2. The van der Waals surface area contributed by atoms with E-state index in [0.717, 1.165) is 61.0 Å². The molecule has 0 saturated heterocycles. The number of fused-ring (bicyclic) bond motifs is 6. The third-order valence-corrected chi connectivity index (χ3v) is 10.0. The zero-order valence-electron chi connectivity index (χ0n) is 27.6. The zero-order chi connectivity index (χ0) is 33.9. The van der Waals surface area contributed by atoms with E-state index in [1.165, 1.54) is 27.4 Å². The van der Waals surface area contributed by atoms with Crippen LogP contribution in [0, 0.1) is 27.0 Å². The second-order valence-electron chi connectivity index (χ2n) is 12.8. The van der Waals surface area contributed by atoms with Crippen molar-refractivity contribution in [1.82, 2.24) is 9.13 Å². The minimum absolute atomic E-state index is 0.365. The highest BCUT2D eigenvalue weighted by Crippen LogP contribution is 2.48. The molecule has 9 rings (SSSR count). The molecule has 0 radical (unpaired) electrons. The van der Waals surface area contributed by atoms with E-state index < -0.39 is 0 Å². The molecule has 0 saturated carbocycles. The van der Waals surface area contributed by atoms with E-state index in [1.807, 2.05) is 12.1 Å². The van der Waals surface area contributed by atoms with E-state index in [-0.39, 0.29) is 0 Å². The number of benzene rings is 7. The van der Waals surface area contributed by atoms with Crippen LogP contribution < -0.4 is 0 Å². The normalized spacial score (nSPS) is 11.4. The summed E-state index contributed by atoms with van der Waals surface area (Å²) in [6, 6.07) is 51.0. The largest absolute Gasteiger partial charge is 0.309 e. The SMILES string of the molecule is [C-]#[N+]c1cccc(-c2ccc(-c3ccc4c(c3)c3ccccc3n4-c3ccccc3)c3c4ccccc4n(-c4c(C)cccc4C)c23)c1[N+]#[C-]. The summed E-state index contributed by atoms with van der Waals surface area (Å²) in [5.74, 6) is 0. The van der Waals surface area contributed by atoms with Crippen LogP contribution in [0.25, 0.3) is 86.9 Å². The van der Waals surface area contributed by atoms with Crippen molar-refractivity contribution in [2.24, 2.45) is 0 Å². The van der Waals surface area contributed by atoms with Crippen LogP contribution in [0.15, 0.2) is 146 Å². The quantitative estimate of drug-likeness (QED) is 0.171. The molecule has 0 atom stereocenters. The fourth-order valence-corrected chi connectivity index (χ4v) is 7.90. The molecule has 7 aromatic carbocycles. The summed E-state index contributed by atoms with van der Waals surface area (Å²) in [6.45, 7) is 20.3. The minimum atomic E-state index is 0.365. The molecule has 234 valence electrons. The van der Waals surface area contributed by atoms with Crippen molar-refractivity contribution in [1.29, 1.82) is 0 Å². The van der Waals surface area contributed by atoms with Crippen LogP contribution in [-0.2, 0) is 0 Å². The standard InChI is InChI=1S/C46H30N4/c1-29-14-12-15-30(2)45(29)50-41-23-11-9-19-37(41)43-33(25-26-36(46(43)50)35-20-13-21-39(47-3)44(35)48-4)31-24-27-42-38(28-31)34-18-8-10-22-40(34)49(42)32-16-6-5-7-17-32/h5-28H,1-2H3. The molecule has 0 spiro atoms. The van der Waals surface area contributed by atoms with Crippen molar-refractivity contribution in [3.05, 3.63) is 180 Å². The number of rotatable bonds is 4. The first-order valence-electron chi connectivity index (χ1n) is 16.7. The van der Waals surface area contributed by atoms with Gasteiger partial charge in [-0.25, -0.2) is 4.85 Å². The molecule has 4 heteroatoms. The molecule has 4 nitrogen and oxygen atoms in total. The van der Waals surface area contributed by atoms with Gasteiger partial charge in [-0.2, -0.15) is 0 Å². The van der Waals surface area contributed by atoms with Crippen LogP contribution in [0.5, 0.6) is 0 Å². The van der Waals surface area contributed by atoms with Crippen LogP contribution in [0.2, 0.25) is 0 Å². The third kappa shape index (κ3) is 4.23. The van der Waals surface area contributed by atoms with E-state index in [1.54, 1.807) is 6.07 Å². The van der Waals surface area contributed by atoms with Gasteiger partial charge in [0.05, 0.1) is 40.9 Å². The molecule has 0 bridgehead atoms. The maximum Gasteiger partial charge on any atom is 0.202 e. The first-order chi connectivity index (χ1) is 24.6. The fourth-order valence-electron chi connectivity index (χ4n) is 7.90. The molecule has 0 aliphatic heterocycles. The molecular formula is C46H30N4. The maximum absolute atomic E-state index is 8.14. The predicted octanol–water partition coefficient (Wildman–Crippen LogP) is 12.9. The van der Waals surface area contributed by atoms with Crippen LogP contribution in [0.4, 0.5) is 11.4 Å². The number of para-hydroxylation sites is 5. The van der Waals surface area contributed by atoms with Gasteiger partial charge in [-0.15, -0.1) is 0 Å². The second-order valence-corrected chi connectivity index (χ2v) is 12.8. The second kappa shape index (κ2) is 11.4. The fraction of sp³-hybridized carbons (Fsp3) is 0.0435. The Hall–Kier alpha value is -6.88. The molecule has 9 aromatic rings. The van der Waals surface area contributed by atoms with Crippen molar-refractivity contribution in [2.75, 3.05) is 0 Å². The van der Waals surface area contributed by atoms with Crippen LogP contribution in [0.3, 0.4) is 0 Å². The summed E-state index contributed by atoms with van der Waals surface area (Å²) in [6.07, 6.45) is 0. The van der Waals surface area contributed by atoms with E-state index in [2.05, 4.69) is 160 Å². The average molecular weight is 639 g/mol. The molecule has 50 heavy (non-hydrogen) atoms. The monoisotopic (exact) mass is 638 g/mol. The average Bonchev–Trinajstić information content (AvgIpc) is 3.68. The Morgan fingerprint density at radius 3 is 1.86 bits per heavy atom. The molecule has 0 aliphatic rings. The van der Waals surface area contributed by atoms with Crippen LogP contribution in [-0.4, -0.2) is 9.13 Å². The molecule has 0 fully saturated rings. The zero-order valence-corrected chi connectivity index (χ0v) is 27.6. The van der Waals surface area contributed by atoms with Gasteiger partial charge in [-0.05, 0) is 83.6 Å². The van der Waals surface area contributed by atoms with Crippen LogP contribution >= 0.6 is 0 Å². The first kappa shape index (κ1) is 29.3. The number of aryl methyl sites for hydroxylation is 2. The molecular weight excluding hydrogens is 609 g/mol. The van der Waals surface area contributed by atoms with Gasteiger partial charge < -0.3 is 9.13 Å². The summed E-state index contributed by atoms with van der Waals surface area (Å²) < 4.78 is 4.72. The van der Waals surface area contributed by atoms with Gasteiger partial charge in [0.15, 0.2) is 5.69 Å². The summed E-state index contributed by atoms with van der Waals surface area (Å²) in [4.78, 5) is 7.64. The number of hydrogen-bond donors (Lipinski definition) is 0. The molecule has 2 heterocycles. The predicted molar refractivity (Wildman–Crippen MR) is 208 cm³/mol. The van der Waals surface area contributed by atoms with Gasteiger partial charge in [0.25, 0.3) is 0 Å². The molecule has 2 aromatic heterocycles. The topological polar surface area (TPSA) is 18.6 Å². The van der Waals surface area contributed by atoms with Crippen molar-refractivity contribution in [2.45, 2.75) is 13.8 Å². The van der Waals surface area contributed by atoms with Crippen molar-refractivity contribution >= 4 is 55.0 Å². The highest BCUT2D eigenvalue weighted by Gasteiger charge is 2.24. The van der Waals surface area contributed by atoms with E-state index in [9.17, 15) is 0 Å². The Morgan fingerprint density at radius 1 is 0.480 bits per heavy atom.